The molecule has 0 aliphatic heterocycles. The molecule has 6 heteroatoms. The standard InChI is InChI=1S/C15H23ClN4S/c1-5-12-15(16)13(20(6-2)19-12)7-11(17-4)8-14-18-10(3)9-21-14/h9,11,17H,5-8H2,1-4H3. The van der Waals surface area contributed by atoms with E-state index in [-0.39, 0.29) is 0 Å². The number of hydrogen-bond acceptors (Lipinski definition) is 4. The van der Waals surface area contributed by atoms with Crippen molar-refractivity contribution in [3.63, 3.8) is 0 Å². The average Bonchev–Trinajstić information content (AvgIpc) is 3.02. The number of aromatic nitrogens is 3. The van der Waals surface area contributed by atoms with Gasteiger partial charge in [-0.3, -0.25) is 4.68 Å². The van der Waals surface area contributed by atoms with Gasteiger partial charge in [-0.05, 0) is 27.3 Å². The van der Waals surface area contributed by atoms with Crippen molar-refractivity contribution < 1.29 is 0 Å². The Morgan fingerprint density at radius 2 is 2.14 bits per heavy atom. The molecule has 1 N–H and O–H groups in total. The summed E-state index contributed by atoms with van der Waals surface area (Å²) >= 11 is 8.21. The van der Waals surface area contributed by atoms with Crippen LogP contribution in [-0.4, -0.2) is 27.9 Å². The van der Waals surface area contributed by atoms with Gasteiger partial charge in [0.25, 0.3) is 0 Å². The zero-order valence-electron chi connectivity index (χ0n) is 13.1. The number of thiazole rings is 1. The maximum atomic E-state index is 6.49. The van der Waals surface area contributed by atoms with Crippen LogP contribution in [0.15, 0.2) is 5.38 Å². The Labute approximate surface area is 135 Å². The molecule has 0 saturated heterocycles. The van der Waals surface area contributed by atoms with Gasteiger partial charge in [-0.25, -0.2) is 4.98 Å². The van der Waals surface area contributed by atoms with E-state index < -0.39 is 0 Å². The molecule has 2 heterocycles. The number of rotatable bonds is 7. The minimum atomic E-state index is 0.319. The number of aryl methyl sites for hydroxylation is 3. The molecule has 1 unspecified atom stereocenters. The summed E-state index contributed by atoms with van der Waals surface area (Å²) in [6.07, 6.45) is 2.66. The lowest BCUT2D eigenvalue weighted by atomic mass is 10.1. The van der Waals surface area contributed by atoms with Crippen LogP contribution in [0.5, 0.6) is 0 Å². The molecule has 1 atom stereocenters. The van der Waals surface area contributed by atoms with E-state index in [4.69, 9.17) is 11.6 Å². The normalized spacial score (nSPS) is 12.8. The first-order valence-electron chi connectivity index (χ1n) is 7.41. The van der Waals surface area contributed by atoms with Gasteiger partial charge in [0.15, 0.2) is 0 Å². The largest absolute Gasteiger partial charge is 0.316 e. The molecule has 21 heavy (non-hydrogen) atoms. The first kappa shape index (κ1) is 16.5. The van der Waals surface area contributed by atoms with Crippen molar-refractivity contribution in [3.8, 4) is 0 Å². The van der Waals surface area contributed by atoms with Gasteiger partial charge in [-0.15, -0.1) is 11.3 Å². The van der Waals surface area contributed by atoms with Crippen LogP contribution in [0, 0.1) is 6.92 Å². The van der Waals surface area contributed by atoms with Crippen LogP contribution < -0.4 is 5.32 Å². The fourth-order valence-electron chi connectivity index (χ4n) is 2.43. The molecule has 0 fully saturated rings. The van der Waals surface area contributed by atoms with Crippen LogP contribution in [0.25, 0.3) is 0 Å². The molecular weight excluding hydrogens is 304 g/mol. The topological polar surface area (TPSA) is 42.7 Å². The van der Waals surface area contributed by atoms with Crippen molar-refractivity contribution in [2.24, 2.45) is 0 Å². The smallest absolute Gasteiger partial charge is 0.0943 e. The Bertz CT molecular complexity index is 591. The summed E-state index contributed by atoms with van der Waals surface area (Å²) in [7, 11) is 1.99. The Kier molecular flexibility index (Phi) is 5.79. The van der Waals surface area contributed by atoms with Gasteiger partial charge in [0.1, 0.15) is 0 Å². The second-order valence-corrected chi connectivity index (χ2v) is 6.47. The van der Waals surface area contributed by atoms with Crippen molar-refractivity contribution in [2.45, 2.75) is 52.6 Å². The lowest BCUT2D eigenvalue weighted by molar-refractivity contribution is 0.518. The zero-order chi connectivity index (χ0) is 15.4. The lowest BCUT2D eigenvalue weighted by Crippen LogP contribution is -2.31. The summed E-state index contributed by atoms with van der Waals surface area (Å²) in [6, 6.07) is 0.319. The Hall–Kier alpha value is -0.910. The molecule has 0 aliphatic rings. The molecule has 4 nitrogen and oxygen atoms in total. The molecule has 2 aromatic heterocycles. The molecule has 0 amide bonds. The van der Waals surface area contributed by atoms with Crippen LogP contribution in [-0.2, 0) is 25.8 Å². The van der Waals surface area contributed by atoms with Gasteiger partial charge in [0.2, 0.25) is 0 Å². The molecule has 0 aromatic carbocycles. The van der Waals surface area contributed by atoms with Gasteiger partial charge >= 0.3 is 0 Å². The quantitative estimate of drug-likeness (QED) is 0.849. The second-order valence-electron chi connectivity index (χ2n) is 5.15. The fraction of sp³-hybridized carbons (Fsp3) is 0.600. The Balaban J connectivity index is 2.16. The van der Waals surface area contributed by atoms with Crippen molar-refractivity contribution >= 4 is 22.9 Å². The number of hydrogen-bond donors (Lipinski definition) is 1. The van der Waals surface area contributed by atoms with E-state index in [1.165, 1.54) is 5.01 Å². The van der Waals surface area contributed by atoms with Gasteiger partial charge in [0, 0.05) is 36.5 Å². The van der Waals surface area contributed by atoms with Crippen molar-refractivity contribution in [1.29, 1.82) is 0 Å². The van der Waals surface area contributed by atoms with Crippen LogP contribution >= 0.6 is 22.9 Å². The predicted octanol–water partition coefficient (Wildman–Crippen LogP) is 3.26. The minimum Gasteiger partial charge on any atom is -0.316 e. The predicted molar refractivity (Wildman–Crippen MR) is 89.4 cm³/mol. The first-order chi connectivity index (χ1) is 10.1. The first-order valence-corrected chi connectivity index (χ1v) is 8.67. The third-order valence-electron chi connectivity index (χ3n) is 3.63. The summed E-state index contributed by atoms with van der Waals surface area (Å²) in [5.74, 6) is 0. The summed E-state index contributed by atoms with van der Waals surface area (Å²) in [6.45, 7) is 7.07. The lowest BCUT2D eigenvalue weighted by Gasteiger charge is -2.16. The SMILES string of the molecule is CCc1nn(CC)c(CC(Cc2nc(C)cs2)NC)c1Cl. The molecule has 116 valence electrons. The van der Waals surface area contributed by atoms with Gasteiger partial charge in [-0.1, -0.05) is 18.5 Å². The summed E-state index contributed by atoms with van der Waals surface area (Å²) in [5, 5.41) is 12.1. The maximum absolute atomic E-state index is 6.49. The number of likely N-dealkylation sites (N-methyl/N-ethyl adjacent to an activating group) is 1. The highest BCUT2D eigenvalue weighted by atomic mass is 35.5. The molecule has 2 rings (SSSR count). The Morgan fingerprint density at radius 1 is 1.38 bits per heavy atom. The molecule has 2 aromatic rings. The second kappa shape index (κ2) is 7.38. The summed E-state index contributed by atoms with van der Waals surface area (Å²) < 4.78 is 2.03. The number of halogens is 1. The number of nitrogens with one attached hydrogen (secondary N) is 1. The monoisotopic (exact) mass is 326 g/mol. The summed E-state index contributed by atoms with van der Waals surface area (Å²) in [5.41, 5.74) is 3.21. The van der Waals surface area contributed by atoms with E-state index in [0.29, 0.717) is 6.04 Å². The Morgan fingerprint density at radius 3 is 2.67 bits per heavy atom. The maximum Gasteiger partial charge on any atom is 0.0943 e. The highest BCUT2D eigenvalue weighted by molar-refractivity contribution is 7.09. The van der Waals surface area contributed by atoms with E-state index in [2.05, 4.69) is 34.6 Å². The summed E-state index contributed by atoms with van der Waals surface area (Å²) in [4.78, 5) is 4.55. The zero-order valence-corrected chi connectivity index (χ0v) is 14.7. The third-order valence-corrected chi connectivity index (χ3v) is 5.06. The van der Waals surface area contributed by atoms with Gasteiger partial charge < -0.3 is 5.32 Å². The van der Waals surface area contributed by atoms with E-state index in [1.54, 1.807) is 11.3 Å². The number of nitrogens with zero attached hydrogens (tertiary/aromatic N) is 3. The van der Waals surface area contributed by atoms with Crippen LogP contribution in [0.2, 0.25) is 5.02 Å². The average molecular weight is 327 g/mol. The van der Waals surface area contributed by atoms with Crippen molar-refractivity contribution in [3.05, 3.63) is 32.5 Å². The minimum absolute atomic E-state index is 0.319. The van der Waals surface area contributed by atoms with Crippen LogP contribution in [0.3, 0.4) is 0 Å². The highest BCUT2D eigenvalue weighted by Crippen LogP contribution is 2.24. The van der Waals surface area contributed by atoms with Gasteiger partial charge in [0.05, 0.1) is 21.4 Å². The highest BCUT2D eigenvalue weighted by Gasteiger charge is 2.19. The van der Waals surface area contributed by atoms with E-state index >= 15 is 0 Å². The molecular formula is C15H23ClN4S. The van der Waals surface area contributed by atoms with Crippen LogP contribution in [0.1, 0.15) is 35.9 Å². The molecule has 0 aliphatic carbocycles. The molecule has 0 radical (unpaired) electrons. The van der Waals surface area contributed by atoms with Crippen molar-refractivity contribution in [2.75, 3.05) is 7.05 Å². The van der Waals surface area contributed by atoms with E-state index in [9.17, 15) is 0 Å². The van der Waals surface area contributed by atoms with Crippen molar-refractivity contribution in [1.82, 2.24) is 20.1 Å². The van der Waals surface area contributed by atoms with E-state index in [1.807, 2.05) is 18.7 Å². The fourth-order valence-corrected chi connectivity index (χ4v) is 3.63. The molecule has 0 bridgehead atoms. The molecule has 0 saturated carbocycles. The third kappa shape index (κ3) is 3.84. The van der Waals surface area contributed by atoms with E-state index in [0.717, 1.165) is 47.9 Å². The molecule has 0 spiro atoms. The van der Waals surface area contributed by atoms with Gasteiger partial charge in [-0.2, -0.15) is 5.10 Å². The van der Waals surface area contributed by atoms with Crippen LogP contribution in [0.4, 0.5) is 0 Å².